The van der Waals surface area contributed by atoms with E-state index in [-0.39, 0.29) is 11.4 Å². The minimum Gasteiger partial charge on any atom is -0.258 e. The molecule has 0 amide bonds. The van der Waals surface area contributed by atoms with Gasteiger partial charge in [0.1, 0.15) is 0 Å². The molecule has 6 heteroatoms. The van der Waals surface area contributed by atoms with Crippen molar-refractivity contribution in [1.29, 1.82) is 0 Å². The van der Waals surface area contributed by atoms with Crippen LogP contribution >= 0.6 is 0 Å². The lowest BCUT2D eigenvalue weighted by Gasteiger charge is -2.03. The molecule has 15 heavy (non-hydrogen) atoms. The van der Waals surface area contributed by atoms with Crippen molar-refractivity contribution in [2.45, 2.75) is 12.7 Å². The summed E-state index contributed by atoms with van der Waals surface area (Å²) < 4.78 is 22.1. The fraction of sp³-hybridized carbons (Fsp3) is 0.333. The summed E-state index contributed by atoms with van der Waals surface area (Å²) in [7, 11) is -3.16. The summed E-state index contributed by atoms with van der Waals surface area (Å²) in [6.07, 6.45) is 1.10. The molecule has 0 saturated heterocycles. The molecule has 0 heterocycles. The number of nitro benzene ring substituents is 1. The zero-order valence-electron chi connectivity index (χ0n) is 8.43. The lowest BCUT2D eigenvalue weighted by molar-refractivity contribution is -0.384. The van der Waals surface area contributed by atoms with Gasteiger partial charge < -0.3 is 0 Å². The predicted octanol–water partition coefficient (Wildman–Crippen LogP) is 1.45. The van der Waals surface area contributed by atoms with E-state index in [0.29, 0.717) is 5.56 Å². The van der Waals surface area contributed by atoms with E-state index in [2.05, 4.69) is 0 Å². The number of aryl methyl sites for hydroxylation is 1. The van der Waals surface area contributed by atoms with Crippen LogP contribution in [0.5, 0.6) is 0 Å². The monoisotopic (exact) mass is 229 g/mol. The topological polar surface area (TPSA) is 77.3 Å². The maximum absolute atomic E-state index is 11.1. The van der Waals surface area contributed by atoms with Crippen molar-refractivity contribution in [3.63, 3.8) is 0 Å². The van der Waals surface area contributed by atoms with Gasteiger partial charge >= 0.3 is 0 Å². The van der Waals surface area contributed by atoms with Crippen LogP contribution < -0.4 is 0 Å². The van der Waals surface area contributed by atoms with E-state index in [1.165, 1.54) is 12.1 Å². The Morgan fingerprint density at radius 3 is 2.47 bits per heavy atom. The first-order valence-electron chi connectivity index (χ1n) is 4.21. The van der Waals surface area contributed by atoms with Crippen molar-refractivity contribution in [2.75, 3.05) is 6.26 Å². The van der Waals surface area contributed by atoms with E-state index >= 15 is 0 Å². The van der Waals surface area contributed by atoms with E-state index in [1.807, 2.05) is 0 Å². The van der Waals surface area contributed by atoms with Crippen LogP contribution in [0.15, 0.2) is 18.2 Å². The summed E-state index contributed by atoms with van der Waals surface area (Å²) in [5.41, 5.74) is 1.14. The van der Waals surface area contributed by atoms with Gasteiger partial charge in [-0.1, -0.05) is 6.07 Å². The highest BCUT2D eigenvalue weighted by atomic mass is 32.2. The van der Waals surface area contributed by atoms with Gasteiger partial charge in [0.2, 0.25) is 0 Å². The molecule has 5 nitrogen and oxygen atoms in total. The number of hydrogen-bond donors (Lipinski definition) is 0. The highest BCUT2D eigenvalue weighted by molar-refractivity contribution is 7.89. The minimum absolute atomic E-state index is 0.0840. The molecule has 0 aliphatic rings. The Morgan fingerprint density at radius 2 is 2.00 bits per heavy atom. The van der Waals surface area contributed by atoms with Crippen LogP contribution in [-0.2, 0) is 15.6 Å². The normalized spacial score (nSPS) is 11.3. The Bertz CT molecular complexity index is 493. The highest BCUT2D eigenvalue weighted by Crippen LogP contribution is 2.18. The van der Waals surface area contributed by atoms with E-state index in [4.69, 9.17) is 0 Å². The number of non-ortho nitro benzene ring substituents is 1. The Hall–Kier alpha value is -1.43. The highest BCUT2D eigenvalue weighted by Gasteiger charge is 2.12. The minimum atomic E-state index is -3.16. The van der Waals surface area contributed by atoms with Gasteiger partial charge in [-0.25, -0.2) is 8.42 Å². The maximum Gasteiger partial charge on any atom is 0.269 e. The first-order valence-corrected chi connectivity index (χ1v) is 6.27. The van der Waals surface area contributed by atoms with Crippen LogP contribution in [0, 0.1) is 17.0 Å². The molecule has 82 valence electrons. The molecule has 0 aromatic heterocycles. The molecule has 1 aromatic rings. The Balaban J connectivity index is 3.17. The van der Waals surface area contributed by atoms with Crippen molar-refractivity contribution >= 4 is 15.5 Å². The maximum atomic E-state index is 11.1. The van der Waals surface area contributed by atoms with E-state index in [9.17, 15) is 18.5 Å². The summed E-state index contributed by atoms with van der Waals surface area (Å²) in [5, 5.41) is 10.5. The summed E-state index contributed by atoms with van der Waals surface area (Å²) >= 11 is 0. The van der Waals surface area contributed by atoms with Gasteiger partial charge in [0.05, 0.1) is 10.7 Å². The van der Waals surface area contributed by atoms with E-state index in [0.717, 1.165) is 11.8 Å². The molecule has 0 N–H and O–H groups in total. The standard InChI is InChI=1S/C9H11NO4S/c1-7-3-4-9(10(11)12)5-8(7)6-15(2,13)14/h3-5H,6H2,1-2H3. The zero-order chi connectivity index (χ0) is 11.6. The molecule has 0 bridgehead atoms. The second-order valence-electron chi connectivity index (χ2n) is 3.44. The molecule has 0 aliphatic carbocycles. The number of hydrogen-bond acceptors (Lipinski definition) is 4. The second-order valence-corrected chi connectivity index (χ2v) is 5.58. The van der Waals surface area contributed by atoms with Crippen molar-refractivity contribution in [2.24, 2.45) is 0 Å². The molecule has 1 rings (SSSR count). The zero-order valence-corrected chi connectivity index (χ0v) is 9.24. The first-order chi connectivity index (χ1) is 6.79. The van der Waals surface area contributed by atoms with Crippen molar-refractivity contribution in [3.05, 3.63) is 39.4 Å². The van der Waals surface area contributed by atoms with Gasteiger partial charge in [-0.3, -0.25) is 10.1 Å². The molecule has 0 unspecified atom stereocenters. The summed E-state index contributed by atoms with van der Waals surface area (Å²) in [6.45, 7) is 1.73. The number of nitro groups is 1. The molecule has 0 atom stereocenters. The van der Waals surface area contributed by atoms with Crippen LogP contribution in [-0.4, -0.2) is 19.6 Å². The van der Waals surface area contributed by atoms with Crippen LogP contribution in [0.3, 0.4) is 0 Å². The molecule has 0 saturated carbocycles. The fourth-order valence-electron chi connectivity index (χ4n) is 1.21. The summed E-state index contributed by atoms with van der Waals surface area (Å²) in [5.74, 6) is -0.166. The van der Waals surface area contributed by atoms with Crippen LogP contribution in [0.4, 0.5) is 5.69 Å². The van der Waals surface area contributed by atoms with Gasteiger partial charge in [-0.15, -0.1) is 0 Å². The molecule has 0 fully saturated rings. The lowest BCUT2D eigenvalue weighted by Crippen LogP contribution is -2.03. The predicted molar refractivity (Wildman–Crippen MR) is 56.4 cm³/mol. The smallest absolute Gasteiger partial charge is 0.258 e. The van der Waals surface area contributed by atoms with Gasteiger partial charge in [0, 0.05) is 18.4 Å². The Morgan fingerprint density at radius 1 is 1.40 bits per heavy atom. The lowest BCUT2D eigenvalue weighted by atomic mass is 10.1. The summed E-state index contributed by atoms with van der Waals surface area (Å²) in [6, 6.07) is 4.22. The average Bonchev–Trinajstić information content (AvgIpc) is 2.06. The van der Waals surface area contributed by atoms with Crippen molar-refractivity contribution in [1.82, 2.24) is 0 Å². The number of benzene rings is 1. The Kier molecular flexibility index (Phi) is 3.09. The third kappa shape index (κ3) is 3.32. The van der Waals surface area contributed by atoms with E-state index < -0.39 is 14.8 Å². The van der Waals surface area contributed by atoms with Gasteiger partial charge in [-0.2, -0.15) is 0 Å². The molecular weight excluding hydrogens is 218 g/mol. The number of nitrogens with zero attached hydrogens (tertiary/aromatic N) is 1. The molecular formula is C9H11NO4S. The fourth-order valence-corrected chi connectivity index (χ4v) is 2.09. The SMILES string of the molecule is Cc1ccc([N+](=O)[O-])cc1CS(C)(=O)=O. The number of rotatable bonds is 3. The quantitative estimate of drug-likeness (QED) is 0.580. The molecule has 0 radical (unpaired) electrons. The first kappa shape index (κ1) is 11.6. The van der Waals surface area contributed by atoms with Crippen LogP contribution in [0.25, 0.3) is 0 Å². The van der Waals surface area contributed by atoms with Crippen LogP contribution in [0.1, 0.15) is 11.1 Å². The van der Waals surface area contributed by atoms with Crippen LogP contribution in [0.2, 0.25) is 0 Å². The van der Waals surface area contributed by atoms with E-state index in [1.54, 1.807) is 13.0 Å². The Labute approximate surface area is 87.8 Å². The van der Waals surface area contributed by atoms with Gasteiger partial charge in [-0.05, 0) is 18.1 Å². The number of sulfone groups is 1. The largest absolute Gasteiger partial charge is 0.269 e. The molecule has 0 aliphatic heterocycles. The van der Waals surface area contributed by atoms with Gasteiger partial charge in [0.25, 0.3) is 5.69 Å². The summed E-state index contributed by atoms with van der Waals surface area (Å²) in [4.78, 5) is 9.95. The van der Waals surface area contributed by atoms with Crippen molar-refractivity contribution in [3.8, 4) is 0 Å². The third-order valence-electron chi connectivity index (χ3n) is 1.96. The molecule has 0 spiro atoms. The van der Waals surface area contributed by atoms with Crippen molar-refractivity contribution < 1.29 is 13.3 Å². The average molecular weight is 229 g/mol. The van der Waals surface area contributed by atoms with Gasteiger partial charge in [0.15, 0.2) is 9.84 Å². The third-order valence-corrected chi connectivity index (χ3v) is 2.80. The molecule has 1 aromatic carbocycles. The second kappa shape index (κ2) is 3.98.